The molecule has 0 bridgehead atoms. The molecule has 0 radical (unpaired) electrons. The summed E-state index contributed by atoms with van der Waals surface area (Å²) in [6, 6.07) is 13.0. The van der Waals surface area contributed by atoms with Gasteiger partial charge in [0.05, 0.1) is 17.9 Å². The van der Waals surface area contributed by atoms with Crippen LogP contribution in [0.1, 0.15) is 34.8 Å². The number of ether oxygens (including phenoxy) is 1. The molecule has 1 N–H and O–H groups in total. The van der Waals surface area contributed by atoms with Crippen LogP contribution in [0.5, 0.6) is 0 Å². The van der Waals surface area contributed by atoms with Crippen LogP contribution in [0.2, 0.25) is 0 Å². The number of likely N-dealkylation sites (tertiary alicyclic amines) is 1. The van der Waals surface area contributed by atoms with Gasteiger partial charge in [0, 0.05) is 30.8 Å². The van der Waals surface area contributed by atoms with Crippen LogP contribution in [0, 0.1) is 0 Å². The highest BCUT2D eigenvalue weighted by Gasteiger charge is 2.21. The molecular formula is C20H24N2O3. The van der Waals surface area contributed by atoms with E-state index in [0.29, 0.717) is 5.92 Å². The van der Waals surface area contributed by atoms with Crippen molar-refractivity contribution >= 4 is 5.97 Å². The molecule has 1 aliphatic heterocycles. The highest BCUT2D eigenvalue weighted by molar-refractivity contribution is 5.89. The molecule has 0 aliphatic carbocycles. The number of hydrogen-bond acceptors (Lipinski definition) is 4. The van der Waals surface area contributed by atoms with Gasteiger partial charge in [0.1, 0.15) is 0 Å². The van der Waals surface area contributed by atoms with E-state index in [-0.39, 0.29) is 5.56 Å². The van der Waals surface area contributed by atoms with E-state index in [1.165, 1.54) is 0 Å². The number of nitrogens with zero attached hydrogens (tertiary/aromatic N) is 2. The predicted molar refractivity (Wildman–Crippen MR) is 96.9 cm³/mol. The predicted octanol–water partition coefficient (Wildman–Crippen LogP) is 3.27. The Balaban J connectivity index is 1.72. The number of hydrogen-bond donors (Lipinski definition) is 1. The lowest BCUT2D eigenvalue weighted by Gasteiger charge is -2.31. The maximum atomic E-state index is 11.2. The number of rotatable bonds is 6. The van der Waals surface area contributed by atoms with Gasteiger partial charge in [-0.1, -0.05) is 18.2 Å². The zero-order chi connectivity index (χ0) is 17.6. The first-order chi connectivity index (χ1) is 12.2. The number of benzene rings is 1. The zero-order valence-electron chi connectivity index (χ0n) is 14.5. The third-order valence-corrected chi connectivity index (χ3v) is 4.79. The summed E-state index contributed by atoms with van der Waals surface area (Å²) in [6.45, 7) is 3.89. The molecular weight excluding hydrogens is 316 g/mol. The minimum absolute atomic E-state index is 0.288. The second-order valence-electron chi connectivity index (χ2n) is 6.44. The van der Waals surface area contributed by atoms with Gasteiger partial charge < -0.3 is 14.7 Å². The largest absolute Gasteiger partial charge is 0.478 e. The number of methoxy groups -OCH3 is 1. The lowest BCUT2D eigenvalue weighted by Crippen LogP contribution is -2.35. The highest BCUT2D eigenvalue weighted by Crippen LogP contribution is 2.28. The fraction of sp³-hybridized carbons (Fsp3) is 0.400. The minimum atomic E-state index is -0.915. The van der Waals surface area contributed by atoms with Crippen LogP contribution < -0.4 is 0 Å². The Bertz CT molecular complexity index is 724. The number of aromatic nitrogens is 1. The topological polar surface area (TPSA) is 62.7 Å². The maximum absolute atomic E-state index is 11.2. The van der Waals surface area contributed by atoms with Gasteiger partial charge in [0.2, 0.25) is 0 Å². The molecule has 25 heavy (non-hydrogen) atoms. The first-order valence-electron chi connectivity index (χ1n) is 8.69. The number of carbonyl (C=O) groups is 1. The number of carboxylic acids is 1. The molecule has 1 aliphatic rings. The van der Waals surface area contributed by atoms with Crippen LogP contribution in [0.15, 0.2) is 42.5 Å². The fourth-order valence-electron chi connectivity index (χ4n) is 3.32. The number of carboxylic acid groups (broad SMARTS) is 1. The molecule has 0 saturated carbocycles. The molecule has 1 fully saturated rings. The van der Waals surface area contributed by atoms with Gasteiger partial charge in [-0.15, -0.1) is 0 Å². The molecule has 3 rings (SSSR count). The third kappa shape index (κ3) is 4.44. The monoisotopic (exact) mass is 340 g/mol. The fourth-order valence-corrected chi connectivity index (χ4v) is 3.32. The van der Waals surface area contributed by atoms with Crippen molar-refractivity contribution < 1.29 is 14.6 Å². The van der Waals surface area contributed by atoms with E-state index < -0.39 is 5.97 Å². The summed E-state index contributed by atoms with van der Waals surface area (Å²) in [5.74, 6) is -0.456. The van der Waals surface area contributed by atoms with Crippen molar-refractivity contribution in [1.82, 2.24) is 9.88 Å². The molecule has 5 nitrogen and oxygen atoms in total. The Morgan fingerprint density at radius 1 is 1.24 bits per heavy atom. The van der Waals surface area contributed by atoms with Gasteiger partial charge in [-0.05, 0) is 50.2 Å². The van der Waals surface area contributed by atoms with Gasteiger partial charge in [-0.3, -0.25) is 4.98 Å². The molecule has 1 aromatic heterocycles. The summed E-state index contributed by atoms with van der Waals surface area (Å²) >= 11 is 0. The van der Waals surface area contributed by atoms with E-state index in [0.717, 1.165) is 56.0 Å². The molecule has 1 saturated heterocycles. The lowest BCUT2D eigenvalue weighted by molar-refractivity contribution is 0.0697. The maximum Gasteiger partial charge on any atom is 0.335 e. The van der Waals surface area contributed by atoms with Gasteiger partial charge >= 0.3 is 5.97 Å². The van der Waals surface area contributed by atoms with Crippen molar-refractivity contribution in [2.24, 2.45) is 0 Å². The number of aromatic carboxylic acids is 1. The van der Waals surface area contributed by atoms with Crippen LogP contribution in [0.3, 0.4) is 0 Å². The normalized spacial score (nSPS) is 16.0. The summed E-state index contributed by atoms with van der Waals surface area (Å²) in [6.07, 6.45) is 2.19. The van der Waals surface area contributed by atoms with Crippen molar-refractivity contribution in [2.75, 3.05) is 33.4 Å². The molecule has 0 atom stereocenters. The van der Waals surface area contributed by atoms with E-state index >= 15 is 0 Å². The molecule has 2 heterocycles. The average molecular weight is 340 g/mol. The zero-order valence-corrected chi connectivity index (χ0v) is 14.5. The SMILES string of the molecule is COCCN1CCC(c2cccc(-c3cccc(C(=O)O)c3)n2)CC1. The van der Waals surface area contributed by atoms with E-state index in [1.54, 1.807) is 25.3 Å². The summed E-state index contributed by atoms with van der Waals surface area (Å²) in [5.41, 5.74) is 3.07. The Morgan fingerprint density at radius 3 is 2.72 bits per heavy atom. The summed E-state index contributed by atoms with van der Waals surface area (Å²) in [7, 11) is 1.74. The van der Waals surface area contributed by atoms with Crippen LogP contribution in [-0.4, -0.2) is 54.3 Å². The van der Waals surface area contributed by atoms with Crippen LogP contribution in [0.25, 0.3) is 11.3 Å². The molecule has 5 heteroatoms. The van der Waals surface area contributed by atoms with E-state index in [2.05, 4.69) is 11.0 Å². The second-order valence-corrected chi connectivity index (χ2v) is 6.44. The first-order valence-corrected chi connectivity index (χ1v) is 8.69. The lowest BCUT2D eigenvalue weighted by atomic mass is 9.92. The quantitative estimate of drug-likeness (QED) is 0.874. The van der Waals surface area contributed by atoms with Gasteiger partial charge in [-0.25, -0.2) is 4.79 Å². The Morgan fingerprint density at radius 2 is 2.00 bits per heavy atom. The van der Waals surface area contributed by atoms with Crippen LogP contribution in [0.4, 0.5) is 0 Å². The smallest absolute Gasteiger partial charge is 0.335 e. The number of pyridine rings is 1. The third-order valence-electron chi connectivity index (χ3n) is 4.79. The minimum Gasteiger partial charge on any atom is -0.478 e. The van der Waals surface area contributed by atoms with Crippen molar-refractivity contribution in [3.8, 4) is 11.3 Å². The highest BCUT2D eigenvalue weighted by atomic mass is 16.5. The number of piperidine rings is 1. The standard InChI is InChI=1S/C20H24N2O3/c1-25-13-12-22-10-8-15(9-11-22)18-6-3-7-19(21-18)16-4-2-5-17(14-16)20(23)24/h2-7,14-15H,8-13H2,1H3,(H,23,24). The van der Waals surface area contributed by atoms with Gasteiger partial charge in [0.15, 0.2) is 0 Å². The van der Waals surface area contributed by atoms with E-state index in [4.69, 9.17) is 14.8 Å². The van der Waals surface area contributed by atoms with Crippen molar-refractivity contribution in [2.45, 2.75) is 18.8 Å². The molecule has 0 amide bonds. The summed E-state index contributed by atoms with van der Waals surface area (Å²) in [4.78, 5) is 18.4. The van der Waals surface area contributed by atoms with E-state index in [9.17, 15) is 4.79 Å². The molecule has 132 valence electrons. The van der Waals surface area contributed by atoms with E-state index in [1.807, 2.05) is 18.2 Å². The Labute approximate surface area is 148 Å². The van der Waals surface area contributed by atoms with Gasteiger partial charge in [0.25, 0.3) is 0 Å². The Kier molecular flexibility index (Phi) is 5.79. The Hall–Kier alpha value is -2.24. The molecule has 0 spiro atoms. The average Bonchev–Trinajstić information content (AvgIpc) is 2.67. The van der Waals surface area contributed by atoms with Crippen molar-refractivity contribution in [1.29, 1.82) is 0 Å². The first kappa shape index (κ1) is 17.6. The van der Waals surface area contributed by atoms with Gasteiger partial charge in [-0.2, -0.15) is 0 Å². The van der Waals surface area contributed by atoms with Crippen molar-refractivity contribution in [3.63, 3.8) is 0 Å². The van der Waals surface area contributed by atoms with Crippen LogP contribution >= 0.6 is 0 Å². The molecule has 0 unspecified atom stereocenters. The molecule has 1 aromatic carbocycles. The molecule has 2 aromatic rings. The summed E-state index contributed by atoms with van der Waals surface area (Å²) in [5, 5.41) is 9.17. The second kappa shape index (κ2) is 8.23. The summed E-state index contributed by atoms with van der Waals surface area (Å²) < 4.78 is 5.15. The van der Waals surface area contributed by atoms with Crippen molar-refractivity contribution in [3.05, 3.63) is 53.7 Å². The van der Waals surface area contributed by atoms with Crippen LogP contribution in [-0.2, 0) is 4.74 Å².